The molecule has 1 unspecified atom stereocenters. The fourth-order valence-corrected chi connectivity index (χ4v) is 1.83. The van der Waals surface area contributed by atoms with Crippen LogP contribution in [0, 0.1) is 5.82 Å². The van der Waals surface area contributed by atoms with Crippen molar-refractivity contribution in [1.29, 1.82) is 0 Å². The monoisotopic (exact) mass is 290 g/mol. The molecule has 0 bridgehead atoms. The number of hydrogen-bond acceptors (Lipinski definition) is 3. The lowest BCUT2D eigenvalue weighted by Gasteiger charge is -2.13. The van der Waals surface area contributed by atoms with Crippen molar-refractivity contribution in [1.82, 2.24) is 0 Å². The van der Waals surface area contributed by atoms with Gasteiger partial charge in [-0.15, -0.1) is 0 Å². The second kappa shape index (κ2) is 7.64. The molecule has 2 aromatic rings. The van der Waals surface area contributed by atoms with Crippen LogP contribution in [0.3, 0.4) is 0 Å². The lowest BCUT2D eigenvalue weighted by Crippen LogP contribution is -2.09. The zero-order chi connectivity index (χ0) is 15.1. The zero-order valence-corrected chi connectivity index (χ0v) is 12.0. The number of ether oxygens (including phenoxy) is 2. The molecule has 0 aliphatic heterocycles. The van der Waals surface area contributed by atoms with Gasteiger partial charge < -0.3 is 14.6 Å². The van der Waals surface area contributed by atoms with Crippen molar-refractivity contribution < 1.29 is 19.0 Å². The fourth-order valence-electron chi connectivity index (χ4n) is 1.83. The van der Waals surface area contributed by atoms with E-state index in [-0.39, 0.29) is 12.4 Å². The molecule has 2 rings (SSSR count). The summed E-state index contributed by atoms with van der Waals surface area (Å²) in [5.41, 5.74) is 0.732. The highest BCUT2D eigenvalue weighted by Gasteiger charge is 2.09. The van der Waals surface area contributed by atoms with E-state index in [1.54, 1.807) is 24.3 Å². The van der Waals surface area contributed by atoms with Crippen LogP contribution in [0.25, 0.3) is 0 Å². The minimum absolute atomic E-state index is 0.0681. The van der Waals surface area contributed by atoms with Crippen molar-refractivity contribution >= 4 is 0 Å². The maximum Gasteiger partial charge on any atom is 0.126 e. The highest BCUT2D eigenvalue weighted by atomic mass is 19.1. The first-order chi connectivity index (χ1) is 10.2. The van der Waals surface area contributed by atoms with Gasteiger partial charge in [0.1, 0.15) is 30.0 Å². The van der Waals surface area contributed by atoms with Gasteiger partial charge in [0.25, 0.3) is 0 Å². The van der Waals surface area contributed by atoms with E-state index in [9.17, 15) is 9.50 Å². The van der Waals surface area contributed by atoms with Crippen LogP contribution in [0.2, 0.25) is 0 Å². The molecule has 0 saturated carbocycles. The van der Waals surface area contributed by atoms with Gasteiger partial charge in [0, 0.05) is 6.07 Å². The highest BCUT2D eigenvalue weighted by Crippen LogP contribution is 2.20. The summed E-state index contributed by atoms with van der Waals surface area (Å²) in [6.45, 7) is 2.78. The van der Waals surface area contributed by atoms with Crippen molar-refractivity contribution in [3.05, 3.63) is 59.9 Å². The maximum absolute atomic E-state index is 13.0. The predicted octanol–water partition coefficient (Wildman–Crippen LogP) is 3.73. The summed E-state index contributed by atoms with van der Waals surface area (Å²) in [5.74, 6) is 0.815. The van der Waals surface area contributed by atoms with Gasteiger partial charge in [-0.3, -0.25) is 0 Å². The van der Waals surface area contributed by atoms with E-state index in [0.29, 0.717) is 12.4 Å². The highest BCUT2D eigenvalue weighted by molar-refractivity contribution is 5.29. The first-order valence-corrected chi connectivity index (χ1v) is 6.98. The Bertz CT molecular complexity index is 554. The van der Waals surface area contributed by atoms with Gasteiger partial charge in [0.2, 0.25) is 0 Å². The second-order valence-corrected chi connectivity index (χ2v) is 4.70. The first kappa shape index (κ1) is 15.3. The molecule has 0 saturated heterocycles. The number of aliphatic hydroxyl groups excluding tert-OH is 1. The SMILES string of the molecule is CCCOc1ccc(C(O)COc2cccc(F)c2)cc1. The molecule has 4 heteroatoms. The molecule has 112 valence electrons. The Balaban J connectivity index is 1.89. The van der Waals surface area contributed by atoms with E-state index in [4.69, 9.17) is 9.47 Å². The molecule has 0 fully saturated rings. The smallest absolute Gasteiger partial charge is 0.126 e. The van der Waals surface area contributed by atoms with Crippen LogP contribution in [0.4, 0.5) is 4.39 Å². The molecule has 0 aliphatic carbocycles. The number of hydrogen-bond donors (Lipinski definition) is 1. The zero-order valence-electron chi connectivity index (χ0n) is 12.0. The number of aliphatic hydroxyl groups is 1. The fraction of sp³-hybridized carbons (Fsp3) is 0.294. The van der Waals surface area contributed by atoms with E-state index < -0.39 is 6.10 Å². The maximum atomic E-state index is 13.0. The molecule has 0 aliphatic rings. The van der Waals surface area contributed by atoms with E-state index in [1.165, 1.54) is 12.1 Å². The van der Waals surface area contributed by atoms with Crippen LogP contribution in [0.1, 0.15) is 25.0 Å². The molecule has 0 spiro atoms. The predicted molar refractivity (Wildman–Crippen MR) is 79.1 cm³/mol. The lowest BCUT2D eigenvalue weighted by atomic mass is 10.1. The molecule has 3 nitrogen and oxygen atoms in total. The molecule has 0 radical (unpaired) electrons. The topological polar surface area (TPSA) is 38.7 Å². The lowest BCUT2D eigenvalue weighted by molar-refractivity contribution is 0.108. The molecule has 1 N–H and O–H groups in total. The van der Waals surface area contributed by atoms with Gasteiger partial charge in [-0.05, 0) is 36.2 Å². The summed E-state index contributed by atoms with van der Waals surface area (Å²) in [4.78, 5) is 0. The Morgan fingerprint density at radius 1 is 1.05 bits per heavy atom. The van der Waals surface area contributed by atoms with E-state index in [2.05, 4.69) is 0 Å². The van der Waals surface area contributed by atoms with Crippen LogP contribution in [0.15, 0.2) is 48.5 Å². The molecule has 2 aromatic carbocycles. The third-order valence-electron chi connectivity index (χ3n) is 2.94. The largest absolute Gasteiger partial charge is 0.494 e. The summed E-state index contributed by atoms with van der Waals surface area (Å²) in [7, 11) is 0. The van der Waals surface area contributed by atoms with Crippen molar-refractivity contribution in [3.8, 4) is 11.5 Å². The van der Waals surface area contributed by atoms with Crippen LogP contribution in [0.5, 0.6) is 11.5 Å². The van der Waals surface area contributed by atoms with E-state index >= 15 is 0 Å². The summed E-state index contributed by atoms with van der Waals surface area (Å²) in [6, 6.07) is 13.1. The van der Waals surface area contributed by atoms with Crippen LogP contribution in [-0.4, -0.2) is 18.3 Å². The molecule has 0 aromatic heterocycles. The number of halogens is 1. The summed E-state index contributed by atoms with van der Waals surface area (Å²) in [5, 5.41) is 10.1. The molecule has 0 amide bonds. The number of benzene rings is 2. The Hall–Kier alpha value is -2.07. The van der Waals surface area contributed by atoms with Gasteiger partial charge in [-0.2, -0.15) is 0 Å². The Morgan fingerprint density at radius 3 is 2.48 bits per heavy atom. The molecule has 0 heterocycles. The van der Waals surface area contributed by atoms with Crippen molar-refractivity contribution in [2.45, 2.75) is 19.4 Å². The van der Waals surface area contributed by atoms with Gasteiger partial charge in [-0.25, -0.2) is 4.39 Å². The minimum atomic E-state index is -0.770. The van der Waals surface area contributed by atoms with Crippen LogP contribution >= 0.6 is 0 Å². The molecular weight excluding hydrogens is 271 g/mol. The van der Waals surface area contributed by atoms with Crippen molar-refractivity contribution in [2.24, 2.45) is 0 Å². The van der Waals surface area contributed by atoms with Crippen molar-refractivity contribution in [2.75, 3.05) is 13.2 Å². The van der Waals surface area contributed by atoms with Gasteiger partial charge >= 0.3 is 0 Å². The minimum Gasteiger partial charge on any atom is -0.494 e. The molecule has 21 heavy (non-hydrogen) atoms. The first-order valence-electron chi connectivity index (χ1n) is 6.98. The standard InChI is InChI=1S/C17H19FO3/c1-2-10-20-15-8-6-13(7-9-15)17(19)12-21-16-5-3-4-14(18)11-16/h3-9,11,17,19H,2,10,12H2,1H3. The third-order valence-corrected chi connectivity index (χ3v) is 2.94. The van der Waals surface area contributed by atoms with E-state index in [0.717, 1.165) is 17.7 Å². The Morgan fingerprint density at radius 2 is 1.81 bits per heavy atom. The second-order valence-electron chi connectivity index (χ2n) is 4.70. The van der Waals surface area contributed by atoms with Gasteiger partial charge in [0.15, 0.2) is 0 Å². The van der Waals surface area contributed by atoms with Gasteiger partial charge in [-0.1, -0.05) is 25.1 Å². The molecule has 1 atom stereocenters. The van der Waals surface area contributed by atoms with Gasteiger partial charge in [0.05, 0.1) is 6.61 Å². The number of rotatable bonds is 7. The van der Waals surface area contributed by atoms with E-state index in [1.807, 2.05) is 19.1 Å². The molecular formula is C17H19FO3. The normalized spacial score (nSPS) is 12.0. The Kier molecular flexibility index (Phi) is 5.58. The summed E-state index contributed by atoms with van der Waals surface area (Å²) < 4.78 is 23.9. The van der Waals surface area contributed by atoms with Crippen LogP contribution in [-0.2, 0) is 0 Å². The van der Waals surface area contributed by atoms with Crippen LogP contribution < -0.4 is 9.47 Å². The quantitative estimate of drug-likeness (QED) is 0.844. The Labute approximate surface area is 124 Å². The summed E-state index contributed by atoms with van der Waals surface area (Å²) >= 11 is 0. The summed E-state index contributed by atoms with van der Waals surface area (Å²) in [6.07, 6.45) is 0.180. The third kappa shape index (κ3) is 4.76. The average molecular weight is 290 g/mol. The van der Waals surface area contributed by atoms with Crippen molar-refractivity contribution in [3.63, 3.8) is 0 Å². The average Bonchev–Trinajstić information content (AvgIpc) is 2.51.